The van der Waals surface area contributed by atoms with Crippen LogP contribution >= 0.6 is 66.4 Å². The maximum Gasteiger partial charge on any atom is 0.338 e. The molecule has 0 saturated heterocycles. The van der Waals surface area contributed by atoms with E-state index < -0.39 is 12.0 Å². The molecule has 4 aromatic rings. The maximum atomic E-state index is 13.9. The molecule has 222 valence electrons. The Morgan fingerprint density at radius 2 is 1.81 bits per heavy atom. The standard InChI is InChI=1S/C31H24Br2Cl2N2O5S/c1-4-41-30(39)27-16(2)36-31-37(28(27)18-7-10-24(40-3)22(33)13-18)29(38)26(43-31)12-17-5-9-25(21(32)11-17)42-15-19-6-8-20(34)14-23(19)35/h5-14,28H,4,15H2,1-3H3/b26-12+/t28-/m0/s1. The molecule has 1 atom stereocenters. The summed E-state index contributed by atoms with van der Waals surface area (Å²) in [6.07, 6.45) is 1.79. The maximum absolute atomic E-state index is 13.9. The number of nitrogens with zero attached hydrogens (tertiary/aromatic N) is 2. The Balaban J connectivity index is 1.53. The topological polar surface area (TPSA) is 79.1 Å². The highest BCUT2D eigenvalue weighted by Crippen LogP contribution is 2.35. The molecule has 7 nitrogen and oxygen atoms in total. The van der Waals surface area contributed by atoms with Crippen molar-refractivity contribution in [1.29, 1.82) is 0 Å². The summed E-state index contributed by atoms with van der Waals surface area (Å²) in [6.45, 7) is 3.95. The summed E-state index contributed by atoms with van der Waals surface area (Å²) < 4.78 is 20.1. The van der Waals surface area contributed by atoms with E-state index >= 15 is 0 Å². The zero-order valence-corrected chi connectivity index (χ0v) is 28.6. The molecule has 0 aliphatic carbocycles. The number of aromatic nitrogens is 1. The number of halogens is 4. The fraction of sp³-hybridized carbons (Fsp3) is 0.194. The lowest BCUT2D eigenvalue weighted by Crippen LogP contribution is -2.39. The van der Waals surface area contributed by atoms with Gasteiger partial charge in [-0.1, -0.05) is 52.7 Å². The minimum Gasteiger partial charge on any atom is -0.496 e. The van der Waals surface area contributed by atoms with Gasteiger partial charge in [-0.15, -0.1) is 0 Å². The highest BCUT2D eigenvalue weighted by atomic mass is 79.9. The van der Waals surface area contributed by atoms with E-state index in [-0.39, 0.29) is 18.8 Å². The second kappa shape index (κ2) is 13.4. The number of carbonyl (C=O) groups excluding carboxylic acids is 1. The Morgan fingerprint density at radius 1 is 1.07 bits per heavy atom. The zero-order valence-electron chi connectivity index (χ0n) is 23.1. The predicted octanol–water partition coefficient (Wildman–Crippen LogP) is 7.22. The van der Waals surface area contributed by atoms with Crippen LogP contribution in [0.25, 0.3) is 6.08 Å². The first kappa shape index (κ1) is 31.5. The van der Waals surface area contributed by atoms with Gasteiger partial charge in [0.15, 0.2) is 4.80 Å². The first-order chi connectivity index (χ1) is 20.6. The highest BCUT2D eigenvalue weighted by molar-refractivity contribution is 9.10. The van der Waals surface area contributed by atoms with Crippen LogP contribution < -0.4 is 24.4 Å². The van der Waals surface area contributed by atoms with Gasteiger partial charge < -0.3 is 14.2 Å². The number of allylic oxidation sites excluding steroid dienone is 1. The molecule has 5 rings (SSSR count). The molecule has 0 spiro atoms. The lowest BCUT2D eigenvalue weighted by molar-refractivity contribution is -0.139. The Kier molecular flexibility index (Phi) is 9.83. The van der Waals surface area contributed by atoms with Gasteiger partial charge in [0.1, 0.15) is 18.1 Å². The summed E-state index contributed by atoms with van der Waals surface area (Å²) in [5.74, 6) is 0.725. The molecule has 1 aliphatic heterocycles. The molecule has 2 heterocycles. The fourth-order valence-electron chi connectivity index (χ4n) is 4.63. The van der Waals surface area contributed by atoms with Crippen LogP contribution in [-0.2, 0) is 16.1 Å². The lowest BCUT2D eigenvalue weighted by Gasteiger charge is -2.25. The predicted molar refractivity (Wildman–Crippen MR) is 176 cm³/mol. The van der Waals surface area contributed by atoms with Crippen molar-refractivity contribution in [1.82, 2.24) is 4.57 Å². The molecule has 12 heteroatoms. The second-order valence-corrected chi connectivity index (χ2v) is 13.0. The van der Waals surface area contributed by atoms with Gasteiger partial charge >= 0.3 is 5.97 Å². The van der Waals surface area contributed by atoms with E-state index in [2.05, 4.69) is 36.9 Å². The van der Waals surface area contributed by atoms with Gasteiger partial charge in [-0.05, 0) is 99.3 Å². The smallest absolute Gasteiger partial charge is 0.338 e. The minimum atomic E-state index is -0.734. The van der Waals surface area contributed by atoms with Gasteiger partial charge in [-0.2, -0.15) is 0 Å². The van der Waals surface area contributed by atoms with Crippen LogP contribution in [0.2, 0.25) is 10.0 Å². The average molecular weight is 767 g/mol. The summed E-state index contributed by atoms with van der Waals surface area (Å²) in [5.41, 5.74) is 2.82. The third kappa shape index (κ3) is 6.63. The molecule has 43 heavy (non-hydrogen) atoms. The SMILES string of the molecule is CCOC(=O)C1=C(C)N=c2s/c(=C/c3ccc(OCc4ccc(Cl)cc4Cl)c(Br)c3)c(=O)n2[C@H]1c1ccc(OC)c(Br)c1. The second-order valence-electron chi connectivity index (χ2n) is 9.41. The van der Waals surface area contributed by atoms with Crippen molar-refractivity contribution in [3.05, 3.63) is 121 Å². The number of ether oxygens (including phenoxy) is 3. The number of fused-ring (bicyclic) bond motifs is 1. The van der Waals surface area contributed by atoms with Gasteiger partial charge in [-0.3, -0.25) is 9.36 Å². The molecular weight excluding hydrogens is 743 g/mol. The highest BCUT2D eigenvalue weighted by Gasteiger charge is 2.33. The number of benzene rings is 3. The number of thiazole rings is 1. The fourth-order valence-corrected chi connectivity index (χ4v) is 7.21. The quantitative estimate of drug-likeness (QED) is 0.177. The summed E-state index contributed by atoms with van der Waals surface area (Å²) in [4.78, 5) is 32.2. The molecule has 3 aromatic carbocycles. The van der Waals surface area contributed by atoms with Crippen molar-refractivity contribution in [3.63, 3.8) is 0 Å². The first-order valence-corrected chi connectivity index (χ1v) is 16.2. The molecule has 0 bridgehead atoms. The van der Waals surface area contributed by atoms with Crippen molar-refractivity contribution in [2.45, 2.75) is 26.5 Å². The summed E-state index contributed by atoms with van der Waals surface area (Å²) in [6, 6.07) is 15.5. The molecule has 0 radical (unpaired) electrons. The number of hydrogen-bond donors (Lipinski definition) is 0. The average Bonchev–Trinajstić information content (AvgIpc) is 3.26. The molecule has 0 saturated carbocycles. The van der Waals surface area contributed by atoms with Crippen LogP contribution in [-0.4, -0.2) is 24.3 Å². The molecule has 0 unspecified atom stereocenters. The van der Waals surface area contributed by atoms with Gasteiger partial charge in [-0.25, -0.2) is 9.79 Å². The van der Waals surface area contributed by atoms with Crippen LogP contribution in [0.3, 0.4) is 0 Å². The van der Waals surface area contributed by atoms with Crippen LogP contribution in [0.4, 0.5) is 0 Å². The van der Waals surface area contributed by atoms with Crippen LogP contribution in [0.1, 0.15) is 36.6 Å². The Labute approximate surface area is 278 Å². The van der Waals surface area contributed by atoms with Crippen LogP contribution in [0.5, 0.6) is 11.5 Å². The van der Waals surface area contributed by atoms with Gasteiger partial charge in [0.05, 0.1) is 44.5 Å². The molecule has 0 amide bonds. The number of rotatable bonds is 8. The normalized spacial score (nSPS) is 14.8. The van der Waals surface area contributed by atoms with E-state index in [1.165, 1.54) is 11.3 Å². The number of esters is 1. The largest absolute Gasteiger partial charge is 0.496 e. The first-order valence-electron chi connectivity index (χ1n) is 13.0. The van der Waals surface area contributed by atoms with Gasteiger partial charge in [0.2, 0.25) is 0 Å². The van der Waals surface area contributed by atoms with Gasteiger partial charge in [0, 0.05) is 15.6 Å². The van der Waals surface area contributed by atoms with Crippen molar-refractivity contribution in [2.75, 3.05) is 13.7 Å². The molecule has 1 aromatic heterocycles. The summed E-state index contributed by atoms with van der Waals surface area (Å²) >= 11 is 20.6. The van der Waals surface area contributed by atoms with E-state index in [1.54, 1.807) is 49.8 Å². The Morgan fingerprint density at radius 3 is 2.49 bits per heavy atom. The van der Waals surface area contributed by atoms with E-state index in [9.17, 15) is 9.59 Å². The van der Waals surface area contributed by atoms with Crippen LogP contribution in [0.15, 0.2) is 84.6 Å². The van der Waals surface area contributed by atoms with Crippen molar-refractivity contribution in [2.24, 2.45) is 4.99 Å². The van der Waals surface area contributed by atoms with Crippen molar-refractivity contribution in [3.8, 4) is 11.5 Å². The minimum absolute atomic E-state index is 0.195. The Bertz CT molecular complexity index is 1950. The third-order valence-electron chi connectivity index (χ3n) is 6.66. The zero-order chi connectivity index (χ0) is 30.8. The monoisotopic (exact) mass is 764 g/mol. The number of methoxy groups -OCH3 is 1. The number of carbonyl (C=O) groups is 1. The molecular formula is C31H24Br2Cl2N2O5S. The van der Waals surface area contributed by atoms with E-state index in [1.807, 2.05) is 36.4 Å². The lowest BCUT2D eigenvalue weighted by atomic mass is 9.96. The van der Waals surface area contributed by atoms with E-state index in [0.29, 0.717) is 56.7 Å². The van der Waals surface area contributed by atoms with E-state index in [0.717, 1.165) is 11.1 Å². The molecule has 0 fully saturated rings. The van der Waals surface area contributed by atoms with Crippen molar-refractivity contribution < 1.29 is 19.0 Å². The summed E-state index contributed by atoms with van der Waals surface area (Å²) in [5, 5.41) is 1.08. The van der Waals surface area contributed by atoms with Crippen molar-refractivity contribution >= 4 is 78.4 Å². The summed E-state index contributed by atoms with van der Waals surface area (Å²) in [7, 11) is 1.57. The third-order valence-corrected chi connectivity index (χ3v) is 9.47. The van der Waals surface area contributed by atoms with Crippen LogP contribution in [0, 0.1) is 0 Å². The Hall–Kier alpha value is -2.89. The van der Waals surface area contributed by atoms with E-state index in [4.69, 9.17) is 37.4 Å². The number of hydrogen-bond acceptors (Lipinski definition) is 7. The van der Waals surface area contributed by atoms with Gasteiger partial charge in [0.25, 0.3) is 5.56 Å². The molecule has 0 N–H and O–H groups in total. The molecule has 1 aliphatic rings.